The lowest BCUT2D eigenvalue weighted by molar-refractivity contribution is 0.273. The zero-order valence-corrected chi connectivity index (χ0v) is 12.0. The number of anilines is 1. The van der Waals surface area contributed by atoms with Gasteiger partial charge in [-0.1, -0.05) is 0 Å². The summed E-state index contributed by atoms with van der Waals surface area (Å²) in [5.41, 5.74) is 0.523. The molecule has 0 aliphatic carbocycles. The molecular formula is C11H19BrN4O. The molecular weight excluding hydrogens is 284 g/mol. The van der Waals surface area contributed by atoms with E-state index in [9.17, 15) is 4.79 Å². The molecule has 1 aromatic heterocycles. The summed E-state index contributed by atoms with van der Waals surface area (Å²) in [6.07, 6.45) is 2.63. The van der Waals surface area contributed by atoms with Gasteiger partial charge in [0, 0.05) is 12.6 Å². The molecule has 2 N–H and O–H groups in total. The zero-order valence-electron chi connectivity index (χ0n) is 10.5. The van der Waals surface area contributed by atoms with E-state index in [4.69, 9.17) is 0 Å². The number of rotatable bonds is 6. The molecule has 96 valence electrons. The van der Waals surface area contributed by atoms with Crippen molar-refractivity contribution in [2.24, 2.45) is 0 Å². The molecule has 0 bridgehead atoms. The van der Waals surface area contributed by atoms with E-state index in [1.807, 2.05) is 0 Å². The van der Waals surface area contributed by atoms with Crippen LogP contribution >= 0.6 is 15.9 Å². The number of hydrogen-bond acceptors (Lipinski definition) is 4. The molecule has 0 unspecified atom stereocenters. The molecule has 17 heavy (non-hydrogen) atoms. The number of halogens is 1. The first-order valence-electron chi connectivity index (χ1n) is 5.69. The summed E-state index contributed by atoms with van der Waals surface area (Å²) in [4.78, 5) is 13.5. The Morgan fingerprint density at radius 1 is 1.59 bits per heavy atom. The highest BCUT2D eigenvalue weighted by molar-refractivity contribution is 9.10. The van der Waals surface area contributed by atoms with Gasteiger partial charge in [0.15, 0.2) is 0 Å². The van der Waals surface area contributed by atoms with Gasteiger partial charge in [0.2, 0.25) is 0 Å². The summed E-state index contributed by atoms with van der Waals surface area (Å²) in [6, 6.07) is 0.558. The van der Waals surface area contributed by atoms with E-state index in [-0.39, 0.29) is 5.56 Å². The third kappa shape index (κ3) is 4.47. The van der Waals surface area contributed by atoms with Crippen molar-refractivity contribution in [3.63, 3.8) is 0 Å². The van der Waals surface area contributed by atoms with Crippen LogP contribution in [-0.4, -0.2) is 41.3 Å². The van der Waals surface area contributed by atoms with E-state index >= 15 is 0 Å². The van der Waals surface area contributed by atoms with Gasteiger partial charge < -0.3 is 10.2 Å². The molecule has 0 saturated heterocycles. The maximum atomic E-state index is 11.3. The normalized spacial score (nSPS) is 11.2. The maximum absolute atomic E-state index is 11.3. The van der Waals surface area contributed by atoms with Crippen molar-refractivity contribution in [1.82, 2.24) is 15.1 Å². The topological polar surface area (TPSA) is 61.0 Å². The molecule has 0 saturated carbocycles. The van der Waals surface area contributed by atoms with Crippen molar-refractivity contribution in [2.75, 3.05) is 25.5 Å². The number of hydrogen-bond donors (Lipinski definition) is 2. The average molecular weight is 303 g/mol. The van der Waals surface area contributed by atoms with E-state index in [0.29, 0.717) is 10.5 Å². The maximum Gasteiger partial charge on any atom is 0.280 e. The highest BCUT2D eigenvalue weighted by Crippen LogP contribution is 2.14. The minimum Gasteiger partial charge on any atom is -0.383 e. The first kappa shape index (κ1) is 14.2. The van der Waals surface area contributed by atoms with Gasteiger partial charge in [-0.2, -0.15) is 5.10 Å². The highest BCUT2D eigenvalue weighted by Gasteiger charge is 2.04. The van der Waals surface area contributed by atoms with Crippen LogP contribution in [0, 0.1) is 0 Å². The van der Waals surface area contributed by atoms with Crippen molar-refractivity contribution in [3.05, 3.63) is 21.0 Å². The van der Waals surface area contributed by atoms with Crippen LogP contribution in [-0.2, 0) is 0 Å². The molecule has 6 heteroatoms. The third-order valence-corrected chi connectivity index (χ3v) is 3.47. The Hall–Kier alpha value is -0.880. The molecule has 0 amide bonds. The van der Waals surface area contributed by atoms with Gasteiger partial charge in [0.25, 0.3) is 5.56 Å². The standard InChI is InChI=1S/C11H19BrN4O/c1-8(2)16(3)6-4-5-13-9-7-14-15-11(17)10(9)12/h7-8H,4-6H2,1-3H3,(H2,13,15,17). The molecule has 0 spiro atoms. The Morgan fingerprint density at radius 3 is 2.94 bits per heavy atom. The Balaban J connectivity index is 2.37. The molecule has 1 aromatic rings. The van der Waals surface area contributed by atoms with Gasteiger partial charge in [-0.15, -0.1) is 0 Å². The number of nitrogens with one attached hydrogen (secondary N) is 2. The molecule has 0 aromatic carbocycles. The van der Waals surface area contributed by atoms with Crippen molar-refractivity contribution >= 4 is 21.6 Å². The van der Waals surface area contributed by atoms with Gasteiger partial charge in [-0.25, -0.2) is 5.10 Å². The van der Waals surface area contributed by atoms with Gasteiger partial charge in [0.1, 0.15) is 4.47 Å². The molecule has 1 rings (SSSR count). The van der Waals surface area contributed by atoms with Gasteiger partial charge >= 0.3 is 0 Å². The van der Waals surface area contributed by atoms with Crippen LogP contribution in [0.15, 0.2) is 15.5 Å². The van der Waals surface area contributed by atoms with Gasteiger partial charge in [-0.3, -0.25) is 4.79 Å². The molecule has 0 fully saturated rings. The van der Waals surface area contributed by atoms with E-state index in [1.54, 1.807) is 6.20 Å². The Morgan fingerprint density at radius 2 is 2.29 bits per heavy atom. The Bertz CT molecular complexity index is 405. The van der Waals surface area contributed by atoms with Gasteiger partial charge in [0.05, 0.1) is 11.9 Å². The number of H-pyrrole nitrogens is 1. The van der Waals surface area contributed by atoms with Crippen LogP contribution in [0.2, 0.25) is 0 Å². The summed E-state index contributed by atoms with van der Waals surface area (Å²) < 4.78 is 0.504. The minimum atomic E-state index is -0.214. The first-order chi connectivity index (χ1) is 8.02. The molecule has 0 aliphatic rings. The molecule has 5 nitrogen and oxygen atoms in total. The van der Waals surface area contributed by atoms with Crippen LogP contribution in [0.25, 0.3) is 0 Å². The predicted octanol–water partition coefficient (Wildman–Crippen LogP) is 1.67. The monoisotopic (exact) mass is 302 g/mol. The van der Waals surface area contributed by atoms with Crippen LogP contribution < -0.4 is 10.9 Å². The lowest BCUT2D eigenvalue weighted by Gasteiger charge is -2.20. The fraction of sp³-hybridized carbons (Fsp3) is 0.636. The second-order valence-corrected chi connectivity index (χ2v) is 5.07. The Labute approximate surface area is 110 Å². The smallest absolute Gasteiger partial charge is 0.280 e. The Kier molecular flexibility index (Phi) is 5.64. The fourth-order valence-corrected chi connectivity index (χ4v) is 1.65. The summed E-state index contributed by atoms with van der Waals surface area (Å²) in [5, 5.41) is 9.30. The van der Waals surface area contributed by atoms with Crippen LogP contribution in [0.5, 0.6) is 0 Å². The largest absolute Gasteiger partial charge is 0.383 e. The molecule has 0 radical (unpaired) electrons. The van der Waals surface area contributed by atoms with Crippen molar-refractivity contribution < 1.29 is 0 Å². The SMILES string of the molecule is CC(C)N(C)CCCNc1cn[nH]c(=O)c1Br. The predicted molar refractivity (Wildman–Crippen MR) is 73.4 cm³/mol. The zero-order chi connectivity index (χ0) is 12.8. The van der Waals surface area contributed by atoms with Crippen molar-refractivity contribution in [1.29, 1.82) is 0 Å². The summed E-state index contributed by atoms with van der Waals surface area (Å²) in [5.74, 6) is 0. The number of aromatic amines is 1. The van der Waals surface area contributed by atoms with Crippen LogP contribution in [0.3, 0.4) is 0 Å². The van der Waals surface area contributed by atoms with E-state index in [2.05, 4.69) is 57.2 Å². The first-order valence-corrected chi connectivity index (χ1v) is 6.49. The van der Waals surface area contributed by atoms with E-state index in [1.165, 1.54) is 0 Å². The van der Waals surface area contributed by atoms with Crippen LogP contribution in [0.4, 0.5) is 5.69 Å². The quantitative estimate of drug-likeness (QED) is 0.785. The fourth-order valence-electron chi connectivity index (χ4n) is 1.32. The van der Waals surface area contributed by atoms with E-state index < -0.39 is 0 Å². The lowest BCUT2D eigenvalue weighted by Crippen LogP contribution is -2.28. The van der Waals surface area contributed by atoms with Crippen LogP contribution in [0.1, 0.15) is 20.3 Å². The van der Waals surface area contributed by atoms with Gasteiger partial charge in [-0.05, 0) is 49.8 Å². The number of aromatic nitrogens is 2. The number of nitrogens with zero attached hydrogens (tertiary/aromatic N) is 2. The second kappa shape index (κ2) is 6.76. The minimum absolute atomic E-state index is 0.214. The van der Waals surface area contributed by atoms with Crippen molar-refractivity contribution in [3.8, 4) is 0 Å². The summed E-state index contributed by atoms with van der Waals surface area (Å²) in [7, 11) is 2.11. The molecule has 0 aliphatic heterocycles. The second-order valence-electron chi connectivity index (χ2n) is 4.28. The molecule has 0 atom stereocenters. The van der Waals surface area contributed by atoms with E-state index in [0.717, 1.165) is 25.2 Å². The molecule has 1 heterocycles. The lowest BCUT2D eigenvalue weighted by atomic mass is 10.3. The third-order valence-electron chi connectivity index (χ3n) is 2.68. The summed E-state index contributed by atoms with van der Waals surface area (Å²) >= 11 is 3.23. The van der Waals surface area contributed by atoms with Crippen molar-refractivity contribution in [2.45, 2.75) is 26.3 Å². The highest BCUT2D eigenvalue weighted by atomic mass is 79.9. The average Bonchev–Trinajstić information content (AvgIpc) is 2.29. The summed E-state index contributed by atoms with van der Waals surface area (Å²) in [6.45, 7) is 6.19.